The van der Waals surface area contributed by atoms with Crippen molar-refractivity contribution in [3.05, 3.63) is 39.3 Å². The fourth-order valence-corrected chi connectivity index (χ4v) is 3.05. The topological polar surface area (TPSA) is 69.7 Å². The molecule has 1 heterocycles. The highest BCUT2D eigenvalue weighted by molar-refractivity contribution is 7.13. The van der Waals surface area contributed by atoms with Crippen molar-refractivity contribution in [3.63, 3.8) is 0 Å². The normalized spacial score (nSPS) is 10.4. The van der Waals surface area contributed by atoms with Gasteiger partial charge in [-0.3, -0.25) is 4.79 Å². The molecule has 7 heteroatoms. The van der Waals surface area contributed by atoms with Crippen LogP contribution in [0.25, 0.3) is 0 Å². The number of carbonyl (C=O) groups excluding carboxylic acids is 1. The Balaban J connectivity index is 2.04. The maximum atomic E-state index is 12.3. The monoisotopic (exact) mass is 336 g/mol. The zero-order valence-electron chi connectivity index (χ0n) is 13.6. The zero-order chi connectivity index (χ0) is 16.8. The second-order valence-electron chi connectivity index (χ2n) is 4.83. The highest BCUT2D eigenvalue weighted by atomic mass is 32.1. The summed E-state index contributed by atoms with van der Waals surface area (Å²) in [5.74, 6) is 1.15. The molecule has 0 atom stereocenters. The van der Waals surface area contributed by atoms with E-state index in [1.54, 1.807) is 21.3 Å². The highest BCUT2D eigenvalue weighted by Gasteiger charge is 2.15. The Kier molecular flexibility index (Phi) is 5.95. The summed E-state index contributed by atoms with van der Waals surface area (Å²) in [5, 5.41) is 3.69. The molecule has 0 radical (unpaired) electrons. The summed E-state index contributed by atoms with van der Waals surface area (Å²) < 4.78 is 15.5. The first-order valence-corrected chi connectivity index (χ1v) is 7.85. The number of ether oxygens (including phenoxy) is 3. The molecule has 0 spiro atoms. The molecule has 1 aromatic heterocycles. The van der Waals surface area contributed by atoms with Crippen LogP contribution in [0.1, 0.15) is 25.9 Å². The van der Waals surface area contributed by atoms with Crippen molar-refractivity contribution in [2.24, 2.45) is 0 Å². The minimum Gasteiger partial charge on any atom is -0.493 e. The van der Waals surface area contributed by atoms with E-state index in [-0.39, 0.29) is 5.91 Å². The van der Waals surface area contributed by atoms with Gasteiger partial charge in [0.15, 0.2) is 11.5 Å². The van der Waals surface area contributed by atoms with E-state index in [0.717, 1.165) is 10.6 Å². The number of nitrogens with one attached hydrogen (secondary N) is 1. The molecular formula is C16H20N2O4S. The summed E-state index contributed by atoms with van der Waals surface area (Å²) >= 11 is 1.35. The van der Waals surface area contributed by atoms with Crippen LogP contribution in [0.15, 0.2) is 18.2 Å². The number of thiazole rings is 1. The number of carbonyl (C=O) groups is 1. The van der Waals surface area contributed by atoms with Gasteiger partial charge in [-0.1, -0.05) is 6.07 Å². The number of aromatic nitrogens is 1. The minimum absolute atomic E-state index is 0.142. The van der Waals surface area contributed by atoms with Crippen LogP contribution in [0.5, 0.6) is 11.5 Å². The fraction of sp³-hybridized carbons (Fsp3) is 0.375. The molecule has 2 aromatic rings. The minimum atomic E-state index is -0.142. The first-order chi connectivity index (χ1) is 11.1. The predicted molar refractivity (Wildman–Crippen MR) is 88.3 cm³/mol. The van der Waals surface area contributed by atoms with Crippen molar-refractivity contribution < 1.29 is 19.0 Å². The summed E-state index contributed by atoms with van der Waals surface area (Å²) in [6.45, 7) is 2.63. The molecule has 23 heavy (non-hydrogen) atoms. The Morgan fingerprint density at radius 1 is 1.22 bits per heavy atom. The number of rotatable bonds is 7. The molecule has 124 valence electrons. The summed E-state index contributed by atoms with van der Waals surface area (Å²) in [6.07, 6.45) is 0. The average molecular weight is 336 g/mol. The van der Waals surface area contributed by atoms with Gasteiger partial charge in [0, 0.05) is 13.7 Å². The SMILES string of the molecule is COCc1nc(C)c(C(=O)NCc2ccc(OC)c(OC)c2)s1. The van der Waals surface area contributed by atoms with Crippen LogP contribution in [-0.2, 0) is 17.9 Å². The number of hydrogen-bond donors (Lipinski definition) is 1. The summed E-state index contributed by atoms with van der Waals surface area (Å²) in [5.41, 5.74) is 1.64. The molecular weight excluding hydrogens is 316 g/mol. The maximum absolute atomic E-state index is 12.3. The first kappa shape index (κ1) is 17.2. The van der Waals surface area contributed by atoms with Crippen molar-refractivity contribution in [2.75, 3.05) is 21.3 Å². The van der Waals surface area contributed by atoms with Gasteiger partial charge in [0.05, 0.1) is 26.5 Å². The van der Waals surface area contributed by atoms with Gasteiger partial charge in [-0.2, -0.15) is 0 Å². The number of nitrogens with zero attached hydrogens (tertiary/aromatic N) is 1. The van der Waals surface area contributed by atoms with Gasteiger partial charge in [-0.25, -0.2) is 4.98 Å². The van der Waals surface area contributed by atoms with Gasteiger partial charge in [-0.05, 0) is 24.6 Å². The van der Waals surface area contributed by atoms with Crippen molar-refractivity contribution in [1.82, 2.24) is 10.3 Å². The van der Waals surface area contributed by atoms with Crippen LogP contribution in [0.4, 0.5) is 0 Å². The molecule has 0 aliphatic heterocycles. The van der Waals surface area contributed by atoms with Gasteiger partial charge in [0.2, 0.25) is 0 Å². The van der Waals surface area contributed by atoms with Gasteiger partial charge >= 0.3 is 0 Å². The van der Waals surface area contributed by atoms with E-state index in [1.165, 1.54) is 11.3 Å². The highest BCUT2D eigenvalue weighted by Crippen LogP contribution is 2.27. The average Bonchev–Trinajstić information content (AvgIpc) is 2.93. The lowest BCUT2D eigenvalue weighted by atomic mass is 10.2. The van der Waals surface area contributed by atoms with Crippen LogP contribution in [0.2, 0.25) is 0 Å². The summed E-state index contributed by atoms with van der Waals surface area (Å²) in [7, 11) is 4.77. The lowest BCUT2D eigenvalue weighted by molar-refractivity contribution is 0.0954. The van der Waals surface area contributed by atoms with Crippen LogP contribution < -0.4 is 14.8 Å². The van der Waals surface area contributed by atoms with E-state index in [0.29, 0.717) is 35.2 Å². The Morgan fingerprint density at radius 2 is 1.96 bits per heavy atom. The van der Waals surface area contributed by atoms with E-state index in [1.807, 2.05) is 25.1 Å². The largest absolute Gasteiger partial charge is 0.493 e. The molecule has 2 rings (SSSR count). The van der Waals surface area contributed by atoms with E-state index in [9.17, 15) is 4.79 Å². The van der Waals surface area contributed by atoms with E-state index < -0.39 is 0 Å². The van der Waals surface area contributed by atoms with E-state index >= 15 is 0 Å². The van der Waals surface area contributed by atoms with Gasteiger partial charge in [0.1, 0.15) is 9.88 Å². The van der Waals surface area contributed by atoms with Gasteiger partial charge < -0.3 is 19.5 Å². The molecule has 0 unspecified atom stereocenters. The van der Waals surface area contributed by atoms with Gasteiger partial charge in [0.25, 0.3) is 5.91 Å². The first-order valence-electron chi connectivity index (χ1n) is 7.03. The maximum Gasteiger partial charge on any atom is 0.263 e. The zero-order valence-corrected chi connectivity index (χ0v) is 14.5. The molecule has 0 aliphatic rings. The second kappa shape index (κ2) is 7.94. The number of methoxy groups -OCH3 is 3. The fourth-order valence-electron chi connectivity index (χ4n) is 2.10. The molecule has 0 fully saturated rings. The lowest BCUT2D eigenvalue weighted by Gasteiger charge is -2.10. The smallest absolute Gasteiger partial charge is 0.263 e. The third kappa shape index (κ3) is 4.20. The van der Waals surface area contributed by atoms with E-state index in [2.05, 4.69) is 10.3 Å². The molecule has 0 saturated carbocycles. The quantitative estimate of drug-likeness (QED) is 0.841. The molecule has 6 nitrogen and oxygen atoms in total. The number of amides is 1. The number of hydrogen-bond acceptors (Lipinski definition) is 6. The van der Waals surface area contributed by atoms with Crippen molar-refractivity contribution >= 4 is 17.2 Å². The van der Waals surface area contributed by atoms with Crippen LogP contribution in [0, 0.1) is 6.92 Å². The van der Waals surface area contributed by atoms with Crippen LogP contribution in [-0.4, -0.2) is 32.2 Å². The van der Waals surface area contributed by atoms with Crippen molar-refractivity contribution in [2.45, 2.75) is 20.1 Å². The Bertz CT molecular complexity index is 685. The predicted octanol–water partition coefficient (Wildman–Crippen LogP) is 2.55. The third-order valence-electron chi connectivity index (χ3n) is 3.22. The Labute approximate surface area is 139 Å². The van der Waals surface area contributed by atoms with Gasteiger partial charge in [-0.15, -0.1) is 11.3 Å². The molecule has 1 N–H and O–H groups in total. The van der Waals surface area contributed by atoms with Crippen LogP contribution in [0.3, 0.4) is 0 Å². The number of aryl methyl sites for hydroxylation is 1. The van der Waals surface area contributed by atoms with E-state index in [4.69, 9.17) is 14.2 Å². The second-order valence-corrected chi connectivity index (χ2v) is 5.91. The number of benzene rings is 1. The third-order valence-corrected chi connectivity index (χ3v) is 4.35. The van der Waals surface area contributed by atoms with Crippen molar-refractivity contribution in [3.8, 4) is 11.5 Å². The molecule has 1 amide bonds. The molecule has 0 saturated heterocycles. The lowest BCUT2D eigenvalue weighted by Crippen LogP contribution is -2.22. The Hall–Kier alpha value is -2.12. The molecule has 1 aromatic carbocycles. The van der Waals surface area contributed by atoms with Crippen molar-refractivity contribution in [1.29, 1.82) is 0 Å². The molecule has 0 bridgehead atoms. The van der Waals surface area contributed by atoms with Crippen LogP contribution >= 0.6 is 11.3 Å². The molecule has 0 aliphatic carbocycles. The summed E-state index contributed by atoms with van der Waals surface area (Å²) in [6, 6.07) is 5.54. The summed E-state index contributed by atoms with van der Waals surface area (Å²) in [4.78, 5) is 17.2. The Morgan fingerprint density at radius 3 is 2.61 bits per heavy atom. The standard InChI is InChI=1S/C16H20N2O4S/c1-10-15(23-14(18-10)9-20-2)16(19)17-8-11-5-6-12(21-3)13(7-11)22-4/h5-7H,8-9H2,1-4H3,(H,17,19).